The Morgan fingerprint density at radius 1 is 1.21 bits per heavy atom. The van der Waals surface area contributed by atoms with Gasteiger partial charge in [0.1, 0.15) is 0 Å². The predicted molar refractivity (Wildman–Crippen MR) is 61.3 cm³/mol. The van der Waals surface area contributed by atoms with E-state index in [1.807, 2.05) is 0 Å². The van der Waals surface area contributed by atoms with Crippen LogP contribution in [0.4, 0.5) is 0 Å². The van der Waals surface area contributed by atoms with Gasteiger partial charge in [0.25, 0.3) is 0 Å². The minimum atomic E-state index is -0.00176. The van der Waals surface area contributed by atoms with Crippen molar-refractivity contribution in [1.29, 1.82) is 0 Å². The van der Waals surface area contributed by atoms with Gasteiger partial charge in [-0.15, -0.1) is 0 Å². The molecule has 1 N–H and O–H groups in total. The molecule has 0 amide bonds. The lowest BCUT2D eigenvalue weighted by Gasteiger charge is -2.17. The maximum Gasteiger partial charge on any atom is 0.0568 e. The van der Waals surface area contributed by atoms with Crippen molar-refractivity contribution in [2.45, 2.75) is 71.3 Å². The van der Waals surface area contributed by atoms with Crippen LogP contribution in [0.1, 0.15) is 65.2 Å². The summed E-state index contributed by atoms with van der Waals surface area (Å²) in [4.78, 5) is 0. The van der Waals surface area contributed by atoms with Gasteiger partial charge in [0.05, 0.1) is 6.10 Å². The second-order valence-corrected chi connectivity index (χ2v) is 4.91. The molecule has 0 aromatic rings. The fourth-order valence-corrected chi connectivity index (χ4v) is 2.67. The molecular formula is C13H26O. The van der Waals surface area contributed by atoms with Crippen LogP contribution in [0.2, 0.25) is 0 Å². The van der Waals surface area contributed by atoms with Gasteiger partial charge in [-0.05, 0) is 31.1 Å². The Kier molecular flexibility index (Phi) is 5.54. The molecule has 0 spiro atoms. The molecule has 1 fully saturated rings. The maximum absolute atomic E-state index is 9.99. The standard InChI is InChI=1S/C13H26O/c1-3-5-6-7-13(14)12-9-8-11(4-2)10-12/h11-14H,3-10H2,1-2H3. The summed E-state index contributed by atoms with van der Waals surface area (Å²) in [5.74, 6) is 1.53. The molecule has 1 rings (SSSR count). The van der Waals surface area contributed by atoms with Crippen LogP contribution in [0.15, 0.2) is 0 Å². The Morgan fingerprint density at radius 2 is 2.00 bits per heavy atom. The highest BCUT2D eigenvalue weighted by atomic mass is 16.3. The lowest BCUT2D eigenvalue weighted by molar-refractivity contribution is 0.0967. The molecule has 0 aliphatic heterocycles. The van der Waals surface area contributed by atoms with E-state index in [4.69, 9.17) is 0 Å². The van der Waals surface area contributed by atoms with Gasteiger partial charge in [0.2, 0.25) is 0 Å². The van der Waals surface area contributed by atoms with E-state index in [1.165, 1.54) is 44.9 Å². The van der Waals surface area contributed by atoms with Crippen molar-refractivity contribution in [3.8, 4) is 0 Å². The molecule has 1 saturated carbocycles. The summed E-state index contributed by atoms with van der Waals surface area (Å²) in [5, 5.41) is 9.99. The second-order valence-electron chi connectivity index (χ2n) is 4.91. The third kappa shape index (κ3) is 3.61. The molecule has 1 nitrogen and oxygen atoms in total. The van der Waals surface area contributed by atoms with E-state index in [1.54, 1.807) is 0 Å². The van der Waals surface area contributed by atoms with Crippen molar-refractivity contribution in [2.75, 3.05) is 0 Å². The summed E-state index contributed by atoms with van der Waals surface area (Å²) in [6.07, 6.45) is 9.99. The molecule has 1 heteroatoms. The van der Waals surface area contributed by atoms with Crippen LogP contribution >= 0.6 is 0 Å². The summed E-state index contributed by atoms with van der Waals surface area (Å²) < 4.78 is 0. The predicted octanol–water partition coefficient (Wildman–Crippen LogP) is 3.75. The molecule has 0 aromatic carbocycles. The normalized spacial score (nSPS) is 29.4. The van der Waals surface area contributed by atoms with E-state index in [0.29, 0.717) is 5.92 Å². The van der Waals surface area contributed by atoms with Gasteiger partial charge < -0.3 is 5.11 Å². The minimum Gasteiger partial charge on any atom is -0.393 e. The Labute approximate surface area is 88.9 Å². The molecule has 0 bridgehead atoms. The van der Waals surface area contributed by atoms with E-state index >= 15 is 0 Å². The summed E-state index contributed by atoms with van der Waals surface area (Å²) in [6.45, 7) is 4.49. The van der Waals surface area contributed by atoms with Gasteiger partial charge in [-0.1, -0.05) is 46.0 Å². The van der Waals surface area contributed by atoms with Crippen molar-refractivity contribution < 1.29 is 5.11 Å². The van der Waals surface area contributed by atoms with Crippen LogP contribution in [0.3, 0.4) is 0 Å². The fourth-order valence-electron chi connectivity index (χ4n) is 2.67. The van der Waals surface area contributed by atoms with Gasteiger partial charge in [-0.25, -0.2) is 0 Å². The smallest absolute Gasteiger partial charge is 0.0568 e. The number of hydrogen-bond acceptors (Lipinski definition) is 1. The third-order valence-corrected chi connectivity index (χ3v) is 3.81. The van der Waals surface area contributed by atoms with Crippen molar-refractivity contribution in [2.24, 2.45) is 11.8 Å². The van der Waals surface area contributed by atoms with Crippen LogP contribution < -0.4 is 0 Å². The first-order valence-electron chi connectivity index (χ1n) is 6.46. The molecule has 0 saturated heterocycles. The first-order valence-corrected chi connectivity index (χ1v) is 6.46. The lowest BCUT2D eigenvalue weighted by atomic mass is 9.94. The van der Waals surface area contributed by atoms with Gasteiger partial charge in [0, 0.05) is 0 Å². The summed E-state index contributed by atoms with van der Waals surface area (Å²) >= 11 is 0. The van der Waals surface area contributed by atoms with Crippen molar-refractivity contribution in [1.82, 2.24) is 0 Å². The highest BCUT2D eigenvalue weighted by Crippen LogP contribution is 2.36. The van der Waals surface area contributed by atoms with Gasteiger partial charge in [-0.2, -0.15) is 0 Å². The number of rotatable bonds is 6. The number of aliphatic hydroxyl groups excluding tert-OH is 1. The molecule has 0 radical (unpaired) electrons. The first kappa shape index (κ1) is 12.0. The zero-order valence-corrected chi connectivity index (χ0v) is 9.84. The largest absolute Gasteiger partial charge is 0.393 e. The number of hydrogen-bond donors (Lipinski definition) is 1. The van der Waals surface area contributed by atoms with Crippen molar-refractivity contribution in [3.05, 3.63) is 0 Å². The second kappa shape index (κ2) is 6.44. The van der Waals surface area contributed by atoms with E-state index in [9.17, 15) is 5.11 Å². The van der Waals surface area contributed by atoms with Crippen molar-refractivity contribution in [3.63, 3.8) is 0 Å². The zero-order valence-electron chi connectivity index (χ0n) is 9.84. The van der Waals surface area contributed by atoms with E-state index in [0.717, 1.165) is 12.3 Å². The molecule has 3 atom stereocenters. The van der Waals surface area contributed by atoms with E-state index in [-0.39, 0.29) is 6.10 Å². The van der Waals surface area contributed by atoms with Crippen LogP contribution in [0.25, 0.3) is 0 Å². The molecule has 0 aromatic heterocycles. The average Bonchev–Trinajstić information content (AvgIpc) is 2.66. The highest BCUT2D eigenvalue weighted by molar-refractivity contribution is 4.79. The maximum atomic E-state index is 9.99. The SMILES string of the molecule is CCCCCC(O)C1CCC(CC)C1. The molecule has 3 unspecified atom stereocenters. The Morgan fingerprint density at radius 3 is 2.57 bits per heavy atom. The Balaban J connectivity index is 2.15. The summed E-state index contributed by atoms with van der Waals surface area (Å²) in [5.41, 5.74) is 0. The fraction of sp³-hybridized carbons (Fsp3) is 1.00. The van der Waals surface area contributed by atoms with Crippen LogP contribution in [0, 0.1) is 11.8 Å². The van der Waals surface area contributed by atoms with Gasteiger partial charge in [0.15, 0.2) is 0 Å². The molecule has 1 aliphatic carbocycles. The van der Waals surface area contributed by atoms with Crippen LogP contribution in [-0.2, 0) is 0 Å². The monoisotopic (exact) mass is 198 g/mol. The Bertz CT molecular complexity index is 144. The number of unbranched alkanes of at least 4 members (excludes halogenated alkanes) is 2. The summed E-state index contributed by atoms with van der Waals surface area (Å²) in [7, 11) is 0. The average molecular weight is 198 g/mol. The molecule has 14 heavy (non-hydrogen) atoms. The topological polar surface area (TPSA) is 20.2 Å². The number of aliphatic hydroxyl groups is 1. The van der Waals surface area contributed by atoms with E-state index < -0.39 is 0 Å². The molecular weight excluding hydrogens is 172 g/mol. The molecule has 84 valence electrons. The summed E-state index contributed by atoms with van der Waals surface area (Å²) in [6, 6.07) is 0. The van der Waals surface area contributed by atoms with Crippen molar-refractivity contribution >= 4 is 0 Å². The Hall–Kier alpha value is -0.0400. The molecule has 0 heterocycles. The van der Waals surface area contributed by atoms with Gasteiger partial charge in [-0.3, -0.25) is 0 Å². The zero-order chi connectivity index (χ0) is 10.4. The van der Waals surface area contributed by atoms with Crippen LogP contribution in [0.5, 0.6) is 0 Å². The molecule has 1 aliphatic rings. The van der Waals surface area contributed by atoms with Gasteiger partial charge >= 0.3 is 0 Å². The van der Waals surface area contributed by atoms with Crippen LogP contribution in [-0.4, -0.2) is 11.2 Å². The minimum absolute atomic E-state index is 0.00176. The quantitative estimate of drug-likeness (QED) is 0.644. The van der Waals surface area contributed by atoms with E-state index in [2.05, 4.69) is 13.8 Å². The highest BCUT2D eigenvalue weighted by Gasteiger charge is 2.28. The first-order chi connectivity index (χ1) is 6.77. The lowest BCUT2D eigenvalue weighted by Crippen LogP contribution is -2.17. The third-order valence-electron chi connectivity index (χ3n) is 3.81.